The van der Waals surface area contributed by atoms with E-state index >= 15 is 0 Å². The fraction of sp³-hybridized carbons (Fsp3) is 0.273. The summed E-state index contributed by atoms with van der Waals surface area (Å²) in [6.45, 7) is 1.88. The average Bonchev–Trinajstić information content (AvgIpc) is 3.24. The van der Waals surface area contributed by atoms with Crippen molar-refractivity contribution in [3.8, 4) is 11.4 Å². The summed E-state index contributed by atoms with van der Waals surface area (Å²) in [4.78, 5) is 33.3. The van der Waals surface area contributed by atoms with Gasteiger partial charge in [-0.3, -0.25) is 14.6 Å². The van der Waals surface area contributed by atoms with E-state index in [2.05, 4.69) is 10.1 Å². The fourth-order valence-corrected chi connectivity index (χ4v) is 3.45. The Balaban J connectivity index is 1.41. The van der Waals surface area contributed by atoms with Gasteiger partial charge in [0.15, 0.2) is 11.4 Å². The van der Waals surface area contributed by atoms with Crippen molar-refractivity contribution < 1.29 is 14.3 Å². The molecule has 0 bridgehead atoms. The number of nitrogens with zero attached hydrogens (tertiary/aromatic N) is 5. The maximum atomic E-state index is 13.0. The Hall–Kier alpha value is -3.68. The molecule has 0 N–H and O–H groups in total. The zero-order chi connectivity index (χ0) is 20.9. The number of carbonyl (C=O) groups excluding carboxylic acids is 2. The van der Waals surface area contributed by atoms with E-state index in [4.69, 9.17) is 4.74 Å². The number of rotatable bonds is 5. The van der Waals surface area contributed by atoms with Gasteiger partial charge in [-0.15, -0.1) is 0 Å². The van der Waals surface area contributed by atoms with E-state index in [1.54, 1.807) is 26.9 Å². The fourth-order valence-electron chi connectivity index (χ4n) is 3.45. The van der Waals surface area contributed by atoms with Crippen molar-refractivity contribution in [1.29, 1.82) is 0 Å². The minimum absolute atomic E-state index is 0.0201. The van der Waals surface area contributed by atoms with Gasteiger partial charge in [-0.25, -0.2) is 4.68 Å². The van der Waals surface area contributed by atoms with Crippen molar-refractivity contribution in [3.63, 3.8) is 0 Å². The molecule has 0 saturated carbocycles. The highest BCUT2D eigenvalue weighted by atomic mass is 16.5. The molecule has 0 aliphatic carbocycles. The molecule has 0 radical (unpaired) electrons. The number of para-hydroxylation sites is 1. The minimum atomic E-state index is -0.196. The van der Waals surface area contributed by atoms with Crippen LogP contribution in [0.3, 0.4) is 0 Å². The monoisotopic (exact) mass is 405 g/mol. The number of ether oxygens (including phenoxy) is 1. The van der Waals surface area contributed by atoms with Crippen molar-refractivity contribution >= 4 is 11.8 Å². The first-order valence-electron chi connectivity index (χ1n) is 9.82. The molecule has 1 fully saturated rings. The highest BCUT2D eigenvalue weighted by Gasteiger charge is 2.28. The van der Waals surface area contributed by atoms with E-state index in [9.17, 15) is 9.59 Å². The van der Waals surface area contributed by atoms with Gasteiger partial charge < -0.3 is 14.5 Å². The summed E-state index contributed by atoms with van der Waals surface area (Å²) in [6.07, 6.45) is 3.65. The summed E-state index contributed by atoms with van der Waals surface area (Å²) < 4.78 is 7.02. The van der Waals surface area contributed by atoms with Gasteiger partial charge in [-0.05, 0) is 24.3 Å². The second kappa shape index (κ2) is 8.77. The van der Waals surface area contributed by atoms with Crippen LogP contribution >= 0.6 is 0 Å². The van der Waals surface area contributed by atoms with Gasteiger partial charge in [0.25, 0.3) is 5.91 Å². The van der Waals surface area contributed by atoms with Gasteiger partial charge in [0.05, 0.1) is 25.4 Å². The van der Waals surface area contributed by atoms with Gasteiger partial charge in [0.2, 0.25) is 5.91 Å². The Kier molecular flexibility index (Phi) is 5.74. The lowest BCUT2D eigenvalue weighted by Crippen LogP contribution is -2.51. The molecule has 3 aromatic rings. The maximum absolute atomic E-state index is 13.0. The van der Waals surface area contributed by atoms with Gasteiger partial charge in [0, 0.05) is 38.1 Å². The van der Waals surface area contributed by atoms with E-state index in [-0.39, 0.29) is 23.9 Å². The summed E-state index contributed by atoms with van der Waals surface area (Å²) in [6, 6.07) is 15.1. The van der Waals surface area contributed by atoms with Crippen molar-refractivity contribution in [2.24, 2.45) is 0 Å². The molecule has 30 heavy (non-hydrogen) atoms. The molecule has 3 heterocycles. The second-order valence-electron chi connectivity index (χ2n) is 7.00. The average molecular weight is 405 g/mol. The van der Waals surface area contributed by atoms with Crippen LogP contribution in [0.4, 0.5) is 0 Å². The van der Waals surface area contributed by atoms with Gasteiger partial charge in [-0.2, -0.15) is 5.10 Å². The molecule has 8 heteroatoms. The van der Waals surface area contributed by atoms with Crippen LogP contribution in [0, 0.1) is 0 Å². The number of carbonyl (C=O) groups is 2. The Morgan fingerprint density at radius 3 is 2.33 bits per heavy atom. The number of amides is 2. The second-order valence-corrected chi connectivity index (χ2v) is 7.00. The quantitative estimate of drug-likeness (QED) is 0.647. The zero-order valence-electron chi connectivity index (χ0n) is 16.8. The smallest absolute Gasteiger partial charge is 0.278 e. The first-order valence-corrected chi connectivity index (χ1v) is 9.82. The molecule has 2 amide bonds. The third-order valence-electron chi connectivity index (χ3n) is 5.10. The number of hydrogen-bond donors (Lipinski definition) is 0. The van der Waals surface area contributed by atoms with Crippen LogP contribution in [0.1, 0.15) is 16.2 Å². The van der Waals surface area contributed by atoms with Crippen LogP contribution in [-0.2, 0) is 11.2 Å². The largest absolute Gasteiger partial charge is 0.493 e. The third kappa shape index (κ3) is 4.17. The summed E-state index contributed by atoms with van der Waals surface area (Å²) in [5.74, 6) is 0.252. The first kappa shape index (κ1) is 19.6. The number of piperazine rings is 1. The molecule has 1 aliphatic heterocycles. The molecule has 0 spiro atoms. The Labute approximate surface area is 174 Å². The minimum Gasteiger partial charge on any atom is -0.493 e. The van der Waals surface area contributed by atoms with E-state index in [0.717, 1.165) is 11.4 Å². The van der Waals surface area contributed by atoms with Gasteiger partial charge in [-0.1, -0.05) is 24.3 Å². The Bertz CT molecular complexity index is 1010. The molecular weight excluding hydrogens is 382 g/mol. The molecule has 0 unspecified atom stereocenters. The van der Waals surface area contributed by atoms with Crippen molar-refractivity contribution in [1.82, 2.24) is 24.6 Å². The van der Waals surface area contributed by atoms with E-state index in [1.807, 2.05) is 48.5 Å². The predicted molar refractivity (Wildman–Crippen MR) is 111 cm³/mol. The predicted octanol–water partition coefficient (Wildman–Crippen LogP) is 1.80. The van der Waals surface area contributed by atoms with E-state index in [0.29, 0.717) is 31.9 Å². The number of benzene rings is 1. The Morgan fingerprint density at radius 2 is 1.67 bits per heavy atom. The first-order chi connectivity index (χ1) is 14.7. The molecule has 4 rings (SSSR count). The van der Waals surface area contributed by atoms with Crippen LogP contribution in [0.25, 0.3) is 5.69 Å². The molecular formula is C22H23N5O3. The zero-order valence-corrected chi connectivity index (χ0v) is 16.8. The van der Waals surface area contributed by atoms with Crippen molar-refractivity contribution in [2.45, 2.75) is 6.42 Å². The lowest BCUT2D eigenvalue weighted by atomic mass is 10.2. The lowest BCUT2D eigenvalue weighted by molar-refractivity contribution is -0.132. The van der Waals surface area contributed by atoms with Crippen LogP contribution < -0.4 is 4.74 Å². The molecule has 154 valence electrons. The summed E-state index contributed by atoms with van der Waals surface area (Å²) >= 11 is 0. The van der Waals surface area contributed by atoms with Gasteiger partial charge >= 0.3 is 0 Å². The summed E-state index contributed by atoms with van der Waals surface area (Å²) in [7, 11) is 1.53. The number of pyridine rings is 1. The molecule has 8 nitrogen and oxygen atoms in total. The van der Waals surface area contributed by atoms with Crippen molar-refractivity contribution in [2.75, 3.05) is 33.3 Å². The number of aromatic nitrogens is 3. The highest BCUT2D eigenvalue weighted by Crippen LogP contribution is 2.21. The topological polar surface area (TPSA) is 80.6 Å². The highest BCUT2D eigenvalue weighted by molar-refractivity contribution is 5.95. The van der Waals surface area contributed by atoms with E-state index in [1.165, 1.54) is 7.11 Å². The normalized spacial score (nSPS) is 13.9. The van der Waals surface area contributed by atoms with Crippen LogP contribution in [0.5, 0.6) is 5.75 Å². The van der Waals surface area contributed by atoms with Crippen LogP contribution in [0.2, 0.25) is 0 Å². The number of methoxy groups -OCH3 is 1. The molecule has 1 aliphatic rings. The molecule has 1 saturated heterocycles. The standard InChI is InChI=1S/C22H23N5O3/c1-30-19-16-27(18-8-3-2-4-9-18)24-21(19)22(29)26-13-11-25(12-14-26)20(28)15-17-7-5-6-10-23-17/h2-10,16H,11-15H2,1H3. The van der Waals surface area contributed by atoms with E-state index < -0.39 is 0 Å². The lowest BCUT2D eigenvalue weighted by Gasteiger charge is -2.34. The number of hydrogen-bond acceptors (Lipinski definition) is 5. The third-order valence-corrected chi connectivity index (χ3v) is 5.10. The SMILES string of the molecule is COc1cn(-c2ccccc2)nc1C(=O)N1CCN(C(=O)Cc2ccccn2)CC1. The maximum Gasteiger partial charge on any atom is 0.278 e. The Morgan fingerprint density at radius 1 is 0.967 bits per heavy atom. The molecule has 0 atom stereocenters. The molecule has 1 aromatic carbocycles. The van der Waals surface area contributed by atoms with Gasteiger partial charge in [0.1, 0.15) is 0 Å². The van der Waals surface area contributed by atoms with Crippen molar-refractivity contribution in [3.05, 3.63) is 72.3 Å². The molecule has 2 aromatic heterocycles. The summed E-state index contributed by atoms with van der Waals surface area (Å²) in [5.41, 5.74) is 1.87. The van der Waals surface area contributed by atoms with Crippen LogP contribution in [-0.4, -0.2) is 69.7 Å². The summed E-state index contributed by atoms with van der Waals surface area (Å²) in [5, 5.41) is 4.45. The van der Waals surface area contributed by atoms with Crippen LogP contribution in [0.15, 0.2) is 60.9 Å².